The van der Waals surface area contributed by atoms with E-state index in [1.807, 2.05) is 19.9 Å². The zero-order valence-electron chi connectivity index (χ0n) is 8.20. The van der Waals surface area contributed by atoms with Crippen LogP contribution in [0.3, 0.4) is 0 Å². The Kier molecular flexibility index (Phi) is 1.84. The van der Waals surface area contributed by atoms with Gasteiger partial charge in [-0.25, -0.2) is 0 Å². The minimum Gasteiger partial charge on any atom is -0.508 e. The molecule has 0 fully saturated rings. The average Bonchev–Trinajstić information content (AvgIpc) is 2.10. The molecule has 0 amide bonds. The Labute approximate surface area is 82.4 Å². The largest absolute Gasteiger partial charge is 0.508 e. The van der Waals surface area contributed by atoms with Crippen molar-refractivity contribution in [1.82, 2.24) is 0 Å². The van der Waals surface area contributed by atoms with Crippen LogP contribution in [0.25, 0.3) is 10.8 Å². The van der Waals surface area contributed by atoms with E-state index in [2.05, 4.69) is 0 Å². The molecule has 0 unspecified atom stereocenters. The lowest BCUT2D eigenvalue weighted by Gasteiger charge is -2.08. The lowest BCUT2D eigenvalue weighted by atomic mass is 10.0. The smallest absolute Gasteiger partial charge is 0.123 e. The first-order chi connectivity index (χ1) is 6.59. The molecule has 0 spiro atoms. The van der Waals surface area contributed by atoms with Crippen molar-refractivity contribution in [2.45, 2.75) is 13.8 Å². The van der Waals surface area contributed by atoms with Gasteiger partial charge in [0, 0.05) is 5.39 Å². The minimum atomic E-state index is 0.240. The Morgan fingerprint density at radius 2 is 1.64 bits per heavy atom. The van der Waals surface area contributed by atoms with Gasteiger partial charge in [-0.2, -0.15) is 0 Å². The maximum Gasteiger partial charge on any atom is 0.123 e. The van der Waals surface area contributed by atoms with E-state index in [0.29, 0.717) is 0 Å². The van der Waals surface area contributed by atoms with Crippen molar-refractivity contribution in [3.05, 3.63) is 35.4 Å². The van der Waals surface area contributed by atoms with Gasteiger partial charge < -0.3 is 10.2 Å². The van der Waals surface area contributed by atoms with E-state index in [4.69, 9.17) is 0 Å². The molecule has 2 heteroatoms. The van der Waals surface area contributed by atoms with Crippen molar-refractivity contribution in [2.75, 3.05) is 0 Å². The maximum absolute atomic E-state index is 9.69. The molecule has 0 radical (unpaired) electrons. The quantitative estimate of drug-likeness (QED) is 0.667. The van der Waals surface area contributed by atoms with E-state index in [9.17, 15) is 10.2 Å². The second-order valence-electron chi connectivity index (χ2n) is 3.59. The van der Waals surface area contributed by atoms with Crippen LogP contribution < -0.4 is 0 Å². The highest BCUT2D eigenvalue weighted by Crippen LogP contribution is 2.32. The molecule has 14 heavy (non-hydrogen) atoms. The third-order valence-corrected chi connectivity index (χ3v) is 2.49. The zero-order valence-corrected chi connectivity index (χ0v) is 8.20. The lowest BCUT2D eigenvalue weighted by Crippen LogP contribution is -1.83. The van der Waals surface area contributed by atoms with Crippen LogP contribution in [-0.4, -0.2) is 10.2 Å². The van der Waals surface area contributed by atoms with Crippen LogP contribution in [0.5, 0.6) is 11.5 Å². The molecular weight excluding hydrogens is 176 g/mol. The Morgan fingerprint density at radius 3 is 2.36 bits per heavy atom. The average molecular weight is 188 g/mol. The first-order valence-corrected chi connectivity index (χ1v) is 4.51. The van der Waals surface area contributed by atoms with Gasteiger partial charge in [0.15, 0.2) is 0 Å². The van der Waals surface area contributed by atoms with Gasteiger partial charge in [-0.15, -0.1) is 0 Å². The highest BCUT2D eigenvalue weighted by atomic mass is 16.3. The molecule has 72 valence electrons. The number of rotatable bonds is 0. The second-order valence-corrected chi connectivity index (χ2v) is 3.59. The van der Waals surface area contributed by atoms with Crippen molar-refractivity contribution in [1.29, 1.82) is 0 Å². The van der Waals surface area contributed by atoms with E-state index >= 15 is 0 Å². The molecule has 2 aromatic carbocycles. The fourth-order valence-corrected chi connectivity index (χ4v) is 1.80. The first-order valence-electron chi connectivity index (χ1n) is 4.51. The van der Waals surface area contributed by atoms with Gasteiger partial charge in [0.1, 0.15) is 11.5 Å². The van der Waals surface area contributed by atoms with Crippen LogP contribution in [0, 0.1) is 13.8 Å². The zero-order chi connectivity index (χ0) is 10.3. The highest BCUT2D eigenvalue weighted by Gasteiger charge is 2.06. The summed E-state index contributed by atoms with van der Waals surface area (Å²) in [5.41, 5.74) is 1.94. The van der Waals surface area contributed by atoms with Crippen molar-refractivity contribution < 1.29 is 10.2 Å². The van der Waals surface area contributed by atoms with Crippen molar-refractivity contribution in [3.63, 3.8) is 0 Å². The van der Waals surface area contributed by atoms with Crippen molar-refractivity contribution in [3.8, 4) is 11.5 Å². The fourth-order valence-electron chi connectivity index (χ4n) is 1.80. The maximum atomic E-state index is 9.69. The van der Waals surface area contributed by atoms with Crippen LogP contribution >= 0.6 is 0 Å². The van der Waals surface area contributed by atoms with Crippen LogP contribution in [0.2, 0.25) is 0 Å². The SMILES string of the molecule is Cc1ccc(O)c2c(C)cc(O)cc12. The predicted molar refractivity (Wildman–Crippen MR) is 56.8 cm³/mol. The summed E-state index contributed by atoms with van der Waals surface area (Å²) >= 11 is 0. The van der Waals surface area contributed by atoms with Crippen LogP contribution in [0.1, 0.15) is 11.1 Å². The third-order valence-electron chi connectivity index (χ3n) is 2.49. The molecule has 0 heterocycles. The standard InChI is InChI=1S/C12H12O2/c1-7-3-4-11(14)12-8(2)5-9(13)6-10(7)12/h3-6,13-14H,1-2H3. The monoisotopic (exact) mass is 188 g/mol. The summed E-state index contributed by atoms with van der Waals surface area (Å²) in [7, 11) is 0. The molecule has 2 rings (SSSR count). The van der Waals surface area contributed by atoms with Crippen LogP contribution in [0.4, 0.5) is 0 Å². The summed E-state index contributed by atoms with van der Waals surface area (Å²) < 4.78 is 0. The number of aromatic hydroxyl groups is 2. The molecule has 0 aliphatic rings. The lowest BCUT2D eigenvalue weighted by molar-refractivity contribution is 0.474. The molecular formula is C12H12O2. The number of phenols is 2. The normalized spacial score (nSPS) is 10.7. The molecule has 0 aromatic heterocycles. The molecule has 2 N–H and O–H groups in total. The Bertz CT molecular complexity index is 501. The molecule has 0 saturated carbocycles. The first kappa shape index (κ1) is 8.88. The van der Waals surface area contributed by atoms with Gasteiger partial charge >= 0.3 is 0 Å². The topological polar surface area (TPSA) is 40.5 Å². The number of hydrogen-bond donors (Lipinski definition) is 2. The van der Waals surface area contributed by atoms with Gasteiger partial charge in [-0.1, -0.05) is 6.07 Å². The van der Waals surface area contributed by atoms with E-state index in [1.54, 1.807) is 18.2 Å². The minimum absolute atomic E-state index is 0.240. The number of benzene rings is 2. The van der Waals surface area contributed by atoms with Gasteiger partial charge in [0.2, 0.25) is 0 Å². The molecule has 0 saturated heterocycles. The van der Waals surface area contributed by atoms with Crippen LogP contribution in [-0.2, 0) is 0 Å². The molecule has 2 aromatic rings. The highest BCUT2D eigenvalue weighted by molar-refractivity contribution is 5.94. The summed E-state index contributed by atoms with van der Waals surface area (Å²) in [5, 5.41) is 20.9. The summed E-state index contributed by atoms with van der Waals surface area (Å²) in [5.74, 6) is 0.506. The van der Waals surface area contributed by atoms with Crippen molar-refractivity contribution >= 4 is 10.8 Å². The second kappa shape index (κ2) is 2.91. The molecule has 2 nitrogen and oxygen atoms in total. The molecule has 0 atom stereocenters. The Morgan fingerprint density at radius 1 is 0.929 bits per heavy atom. The number of aryl methyl sites for hydroxylation is 2. The van der Waals surface area contributed by atoms with E-state index in [-0.39, 0.29) is 11.5 Å². The molecule has 0 aliphatic heterocycles. The number of fused-ring (bicyclic) bond motifs is 1. The van der Waals surface area contributed by atoms with Crippen LogP contribution in [0.15, 0.2) is 24.3 Å². The number of hydrogen-bond acceptors (Lipinski definition) is 2. The summed E-state index contributed by atoms with van der Waals surface area (Å²) in [6.07, 6.45) is 0. The molecule has 0 aliphatic carbocycles. The summed E-state index contributed by atoms with van der Waals surface area (Å²) in [6, 6.07) is 6.86. The van der Waals surface area contributed by atoms with Crippen molar-refractivity contribution in [2.24, 2.45) is 0 Å². The van der Waals surface area contributed by atoms with Gasteiger partial charge in [0.05, 0.1) is 0 Å². The molecule has 0 bridgehead atoms. The Balaban J connectivity index is 3.00. The van der Waals surface area contributed by atoms with E-state index in [0.717, 1.165) is 21.9 Å². The summed E-state index contributed by atoms with van der Waals surface area (Å²) in [4.78, 5) is 0. The van der Waals surface area contributed by atoms with E-state index < -0.39 is 0 Å². The van der Waals surface area contributed by atoms with Gasteiger partial charge in [-0.3, -0.25) is 0 Å². The Hall–Kier alpha value is -1.70. The summed E-state index contributed by atoms with van der Waals surface area (Å²) in [6.45, 7) is 3.84. The van der Waals surface area contributed by atoms with Gasteiger partial charge in [0.25, 0.3) is 0 Å². The fraction of sp³-hybridized carbons (Fsp3) is 0.167. The predicted octanol–water partition coefficient (Wildman–Crippen LogP) is 2.87. The van der Waals surface area contributed by atoms with Gasteiger partial charge in [-0.05, 0) is 48.6 Å². The van der Waals surface area contributed by atoms with E-state index in [1.165, 1.54) is 0 Å². The third kappa shape index (κ3) is 1.20. The number of phenolic OH excluding ortho intramolecular Hbond substituents is 2.